The van der Waals surface area contributed by atoms with Crippen LogP contribution in [0.5, 0.6) is 5.75 Å². The summed E-state index contributed by atoms with van der Waals surface area (Å²) in [6, 6.07) is 5.50. The molecule has 2 unspecified atom stereocenters. The summed E-state index contributed by atoms with van der Waals surface area (Å²) in [7, 11) is 0. The van der Waals surface area contributed by atoms with Crippen LogP contribution >= 0.6 is 11.6 Å². The van der Waals surface area contributed by atoms with Crippen LogP contribution < -0.4 is 5.32 Å². The first-order chi connectivity index (χ1) is 8.16. The molecule has 0 radical (unpaired) electrons. The number of phenols is 1. The molecular formula is C13H18ClNO2. The molecule has 1 aromatic rings. The molecule has 0 bridgehead atoms. The highest BCUT2D eigenvalue weighted by Crippen LogP contribution is 2.22. The number of ether oxygens (including phenoxy) is 1. The van der Waals surface area contributed by atoms with Crippen molar-refractivity contribution in [1.82, 2.24) is 5.32 Å². The van der Waals surface area contributed by atoms with E-state index >= 15 is 0 Å². The van der Waals surface area contributed by atoms with E-state index in [1.54, 1.807) is 18.2 Å². The van der Waals surface area contributed by atoms with E-state index in [9.17, 15) is 5.11 Å². The van der Waals surface area contributed by atoms with Gasteiger partial charge in [-0.2, -0.15) is 0 Å². The third-order valence-electron chi connectivity index (χ3n) is 3.33. The lowest BCUT2D eigenvalue weighted by Crippen LogP contribution is -2.33. The SMILES string of the molecule is CC(NCc1cc(Cl)ccc1O)C1CCOC1. The maximum absolute atomic E-state index is 9.69. The molecule has 1 aromatic carbocycles. The number of aromatic hydroxyl groups is 1. The third-order valence-corrected chi connectivity index (χ3v) is 3.56. The molecule has 1 saturated heterocycles. The van der Waals surface area contributed by atoms with E-state index in [2.05, 4.69) is 12.2 Å². The van der Waals surface area contributed by atoms with Gasteiger partial charge in [-0.1, -0.05) is 11.6 Å². The Kier molecular flexibility index (Phi) is 4.26. The molecule has 3 nitrogen and oxygen atoms in total. The van der Waals surface area contributed by atoms with Crippen molar-refractivity contribution in [3.05, 3.63) is 28.8 Å². The van der Waals surface area contributed by atoms with Crippen LogP contribution in [0.15, 0.2) is 18.2 Å². The zero-order chi connectivity index (χ0) is 12.3. The Hall–Kier alpha value is -0.770. The van der Waals surface area contributed by atoms with Crippen LogP contribution in [0.25, 0.3) is 0 Å². The minimum Gasteiger partial charge on any atom is -0.508 e. The van der Waals surface area contributed by atoms with Crippen molar-refractivity contribution in [2.24, 2.45) is 5.92 Å². The summed E-state index contributed by atoms with van der Waals surface area (Å²) >= 11 is 5.90. The zero-order valence-corrected chi connectivity index (χ0v) is 10.7. The Bertz CT molecular complexity index is 378. The van der Waals surface area contributed by atoms with Gasteiger partial charge < -0.3 is 15.2 Å². The molecule has 0 amide bonds. The number of hydrogen-bond acceptors (Lipinski definition) is 3. The summed E-state index contributed by atoms with van der Waals surface area (Å²) in [5.74, 6) is 0.855. The summed E-state index contributed by atoms with van der Waals surface area (Å²) in [6.07, 6.45) is 1.11. The Morgan fingerprint density at radius 2 is 2.41 bits per heavy atom. The smallest absolute Gasteiger partial charge is 0.120 e. The average molecular weight is 256 g/mol. The van der Waals surface area contributed by atoms with Gasteiger partial charge in [-0.15, -0.1) is 0 Å². The van der Waals surface area contributed by atoms with Crippen LogP contribution in [-0.2, 0) is 11.3 Å². The third kappa shape index (κ3) is 3.35. The maximum atomic E-state index is 9.69. The fourth-order valence-corrected chi connectivity index (χ4v) is 2.28. The van der Waals surface area contributed by atoms with Gasteiger partial charge in [-0.3, -0.25) is 0 Å². The first-order valence-electron chi connectivity index (χ1n) is 5.95. The number of nitrogens with one attached hydrogen (secondary N) is 1. The van der Waals surface area contributed by atoms with Gasteiger partial charge in [0.25, 0.3) is 0 Å². The highest BCUT2D eigenvalue weighted by Gasteiger charge is 2.21. The second kappa shape index (κ2) is 5.71. The van der Waals surface area contributed by atoms with Crippen LogP contribution in [0, 0.1) is 5.92 Å². The first-order valence-corrected chi connectivity index (χ1v) is 6.33. The van der Waals surface area contributed by atoms with Gasteiger partial charge >= 0.3 is 0 Å². The van der Waals surface area contributed by atoms with Gasteiger partial charge in [0.15, 0.2) is 0 Å². The summed E-state index contributed by atoms with van der Waals surface area (Å²) in [6.45, 7) is 4.47. The average Bonchev–Trinajstić information content (AvgIpc) is 2.83. The summed E-state index contributed by atoms with van der Waals surface area (Å²) in [4.78, 5) is 0. The lowest BCUT2D eigenvalue weighted by atomic mass is 10.0. The van der Waals surface area contributed by atoms with Gasteiger partial charge in [-0.25, -0.2) is 0 Å². The van der Waals surface area contributed by atoms with Crippen molar-refractivity contribution < 1.29 is 9.84 Å². The number of halogens is 1. The maximum Gasteiger partial charge on any atom is 0.120 e. The molecule has 1 fully saturated rings. The van der Waals surface area contributed by atoms with Crippen molar-refractivity contribution in [2.45, 2.75) is 25.9 Å². The minimum absolute atomic E-state index is 0.289. The quantitative estimate of drug-likeness (QED) is 0.869. The lowest BCUT2D eigenvalue weighted by molar-refractivity contribution is 0.178. The Morgan fingerprint density at radius 3 is 3.12 bits per heavy atom. The predicted octanol–water partition coefficient (Wildman–Crippen LogP) is 2.56. The first kappa shape index (κ1) is 12.7. The fourth-order valence-electron chi connectivity index (χ4n) is 2.08. The largest absolute Gasteiger partial charge is 0.508 e. The Labute approximate surface area is 107 Å². The van der Waals surface area contributed by atoms with Crippen molar-refractivity contribution in [3.63, 3.8) is 0 Å². The van der Waals surface area contributed by atoms with Gasteiger partial charge in [0, 0.05) is 29.8 Å². The number of rotatable bonds is 4. The Morgan fingerprint density at radius 1 is 1.59 bits per heavy atom. The molecule has 0 aromatic heterocycles. The summed E-state index contributed by atoms with van der Waals surface area (Å²) in [5.41, 5.74) is 0.836. The normalized spacial score (nSPS) is 21.6. The van der Waals surface area contributed by atoms with Crippen LogP contribution in [0.3, 0.4) is 0 Å². The molecule has 2 N–H and O–H groups in total. The second-order valence-electron chi connectivity index (χ2n) is 4.57. The molecule has 17 heavy (non-hydrogen) atoms. The molecule has 1 aliphatic heterocycles. The van der Waals surface area contributed by atoms with Crippen molar-refractivity contribution >= 4 is 11.6 Å². The van der Waals surface area contributed by atoms with E-state index in [1.165, 1.54) is 0 Å². The molecule has 0 aliphatic carbocycles. The van der Waals surface area contributed by atoms with Gasteiger partial charge in [0.2, 0.25) is 0 Å². The van der Waals surface area contributed by atoms with Crippen molar-refractivity contribution in [3.8, 4) is 5.75 Å². The van der Waals surface area contributed by atoms with E-state index in [0.717, 1.165) is 25.2 Å². The van der Waals surface area contributed by atoms with Crippen molar-refractivity contribution in [2.75, 3.05) is 13.2 Å². The molecule has 1 aliphatic rings. The number of benzene rings is 1. The molecule has 1 heterocycles. The van der Waals surface area contributed by atoms with E-state index in [1.807, 2.05) is 0 Å². The number of phenolic OH excluding ortho intramolecular Hbond substituents is 1. The summed E-state index contributed by atoms with van der Waals surface area (Å²) < 4.78 is 5.36. The zero-order valence-electron chi connectivity index (χ0n) is 9.95. The van der Waals surface area contributed by atoms with Crippen molar-refractivity contribution in [1.29, 1.82) is 0 Å². The topological polar surface area (TPSA) is 41.5 Å². The molecule has 94 valence electrons. The minimum atomic E-state index is 0.289. The van der Waals surface area contributed by atoms with E-state index in [4.69, 9.17) is 16.3 Å². The molecule has 0 spiro atoms. The number of hydrogen-bond donors (Lipinski definition) is 2. The van der Waals surface area contributed by atoms with Gasteiger partial charge in [-0.05, 0) is 37.5 Å². The Balaban J connectivity index is 1.90. The highest BCUT2D eigenvalue weighted by molar-refractivity contribution is 6.30. The molecule has 2 rings (SSSR count). The molecule has 0 saturated carbocycles. The van der Waals surface area contributed by atoms with E-state index in [-0.39, 0.29) is 5.75 Å². The highest BCUT2D eigenvalue weighted by atomic mass is 35.5. The molecular weight excluding hydrogens is 238 g/mol. The van der Waals surface area contributed by atoms with Gasteiger partial charge in [0.1, 0.15) is 5.75 Å². The van der Waals surface area contributed by atoms with Crippen LogP contribution in [0.1, 0.15) is 18.9 Å². The molecule has 2 atom stereocenters. The second-order valence-corrected chi connectivity index (χ2v) is 5.00. The predicted molar refractivity (Wildman–Crippen MR) is 68.3 cm³/mol. The monoisotopic (exact) mass is 255 g/mol. The fraction of sp³-hybridized carbons (Fsp3) is 0.538. The summed E-state index contributed by atoms with van der Waals surface area (Å²) in [5, 5.41) is 13.7. The molecule has 4 heteroatoms. The van der Waals surface area contributed by atoms with Crippen LogP contribution in [-0.4, -0.2) is 24.4 Å². The van der Waals surface area contributed by atoms with E-state index < -0.39 is 0 Å². The van der Waals surface area contributed by atoms with Crippen LogP contribution in [0.4, 0.5) is 0 Å². The van der Waals surface area contributed by atoms with Gasteiger partial charge in [0.05, 0.1) is 6.61 Å². The van der Waals surface area contributed by atoms with Crippen LogP contribution in [0.2, 0.25) is 5.02 Å². The van der Waals surface area contributed by atoms with E-state index in [0.29, 0.717) is 23.5 Å². The standard InChI is InChI=1S/C13H18ClNO2/c1-9(10-4-5-17-8-10)15-7-11-6-12(14)2-3-13(11)16/h2-3,6,9-10,15-16H,4-5,7-8H2,1H3. The lowest BCUT2D eigenvalue weighted by Gasteiger charge is -2.19.